The lowest BCUT2D eigenvalue weighted by molar-refractivity contribution is -0.117. The lowest BCUT2D eigenvalue weighted by atomic mass is 9.96. The van der Waals surface area contributed by atoms with Gasteiger partial charge in [0.2, 0.25) is 5.91 Å². The molecule has 128 valence electrons. The average Bonchev–Trinajstić information content (AvgIpc) is 3.05. The van der Waals surface area contributed by atoms with Gasteiger partial charge >= 0.3 is 0 Å². The average molecular weight is 371 g/mol. The summed E-state index contributed by atoms with van der Waals surface area (Å²) in [4.78, 5) is 18.0. The van der Waals surface area contributed by atoms with E-state index in [1.165, 1.54) is 16.9 Å². The Morgan fingerprint density at radius 3 is 2.56 bits per heavy atom. The van der Waals surface area contributed by atoms with E-state index in [-0.39, 0.29) is 11.8 Å². The van der Waals surface area contributed by atoms with Crippen LogP contribution in [0.3, 0.4) is 0 Å². The minimum atomic E-state index is -0.162. The van der Waals surface area contributed by atoms with Crippen LogP contribution < -0.4 is 5.32 Å². The number of hydrogen-bond acceptors (Lipinski definition) is 3. The van der Waals surface area contributed by atoms with Crippen LogP contribution in [0.25, 0.3) is 0 Å². The molecule has 0 radical (unpaired) electrons. The SMILES string of the molecule is CC[C@H](C(=O)Nc1ncc(Cc2ccc(Cl)cc2)s1)c1ccccc1. The van der Waals surface area contributed by atoms with Crippen molar-refractivity contribution in [1.82, 2.24) is 4.98 Å². The quantitative estimate of drug-likeness (QED) is 0.620. The highest BCUT2D eigenvalue weighted by Gasteiger charge is 2.19. The number of hydrogen-bond donors (Lipinski definition) is 1. The van der Waals surface area contributed by atoms with Gasteiger partial charge in [0.15, 0.2) is 5.13 Å². The molecular weight excluding hydrogens is 352 g/mol. The molecule has 1 amide bonds. The van der Waals surface area contributed by atoms with Crippen LogP contribution in [0, 0.1) is 0 Å². The smallest absolute Gasteiger partial charge is 0.233 e. The fourth-order valence-corrected chi connectivity index (χ4v) is 3.68. The molecule has 0 unspecified atom stereocenters. The van der Waals surface area contributed by atoms with Crippen molar-refractivity contribution in [2.75, 3.05) is 5.32 Å². The molecule has 0 saturated heterocycles. The molecule has 0 aliphatic heterocycles. The second kappa shape index (κ2) is 8.28. The van der Waals surface area contributed by atoms with Crippen LogP contribution >= 0.6 is 22.9 Å². The topological polar surface area (TPSA) is 42.0 Å². The van der Waals surface area contributed by atoms with E-state index in [1.807, 2.05) is 67.7 Å². The van der Waals surface area contributed by atoms with E-state index in [1.54, 1.807) is 0 Å². The third-order valence-electron chi connectivity index (χ3n) is 4.00. The Labute approximate surface area is 156 Å². The maximum Gasteiger partial charge on any atom is 0.233 e. The maximum atomic E-state index is 12.6. The van der Waals surface area contributed by atoms with Gasteiger partial charge in [0.05, 0.1) is 5.92 Å². The number of amides is 1. The lowest BCUT2D eigenvalue weighted by Crippen LogP contribution is -2.20. The van der Waals surface area contributed by atoms with Gasteiger partial charge in [-0.2, -0.15) is 0 Å². The number of nitrogens with zero attached hydrogens (tertiary/aromatic N) is 1. The van der Waals surface area contributed by atoms with E-state index in [2.05, 4.69) is 10.3 Å². The highest BCUT2D eigenvalue weighted by molar-refractivity contribution is 7.15. The number of carbonyl (C=O) groups excluding carboxylic acids is 1. The number of rotatable bonds is 6. The van der Waals surface area contributed by atoms with Gasteiger partial charge in [0.25, 0.3) is 0 Å². The Hall–Kier alpha value is -2.17. The van der Waals surface area contributed by atoms with Crippen LogP contribution in [0.4, 0.5) is 5.13 Å². The van der Waals surface area contributed by atoms with Crippen LogP contribution in [0.1, 0.15) is 35.3 Å². The third kappa shape index (κ3) is 4.68. The van der Waals surface area contributed by atoms with Crippen LogP contribution in [0.2, 0.25) is 5.02 Å². The third-order valence-corrected chi connectivity index (χ3v) is 5.17. The summed E-state index contributed by atoms with van der Waals surface area (Å²) in [5.74, 6) is -0.175. The fraction of sp³-hybridized carbons (Fsp3) is 0.200. The van der Waals surface area contributed by atoms with Gasteiger partial charge in [0, 0.05) is 22.5 Å². The Balaban J connectivity index is 1.66. The van der Waals surface area contributed by atoms with Gasteiger partial charge in [-0.25, -0.2) is 4.98 Å². The van der Waals surface area contributed by atoms with Gasteiger partial charge in [0.1, 0.15) is 0 Å². The first-order valence-electron chi connectivity index (χ1n) is 8.20. The Bertz CT molecular complexity index is 830. The van der Waals surface area contributed by atoms with E-state index in [0.717, 1.165) is 28.3 Å². The minimum Gasteiger partial charge on any atom is -0.301 e. The maximum absolute atomic E-state index is 12.6. The molecule has 0 bridgehead atoms. The Morgan fingerprint density at radius 2 is 1.88 bits per heavy atom. The molecule has 0 aliphatic carbocycles. The molecule has 1 heterocycles. The van der Waals surface area contributed by atoms with Crippen molar-refractivity contribution >= 4 is 34.0 Å². The molecule has 3 aromatic rings. The van der Waals surface area contributed by atoms with Crippen LogP contribution in [-0.4, -0.2) is 10.9 Å². The number of nitrogens with one attached hydrogen (secondary N) is 1. The molecule has 5 heteroatoms. The number of thiazole rings is 1. The van der Waals surface area contributed by atoms with Crippen molar-refractivity contribution in [2.24, 2.45) is 0 Å². The van der Waals surface area contributed by atoms with E-state index in [4.69, 9.17) is 11.6 Å². The lowest BCUT2D eigenvalue weighted by Gasteiger charge is -2.14. The molecule has 1 N–H and O–H groups in total. The first-order chi connectivity index (χ1) is 12.2. The van der Waals surface area contributed by atoms with Crippen molar-refractivity contribution in [3.63, 3.8) is 0 Å². The molecule has 2 aromatic carbocycles. The van der Waals surface area contributed by atoms with Crippen molar-refractivity contribution in [2.45, 2.75) is 25.7 Å². The Morgan fingerprint density at radius 1 is 1.16 bits per heavy atom. The van der Waals surface area contributed by atoms with Crippen LogP contribution in [0.5, 0.6) is 0 Å². The summed E-state index contributed by atoms with van der Waals surface area (Å²) < 4.78 is 0. The van der Waals surface area contributed by atoms with Crippen LogP contribution in [-0.2, 0) is 11.2 Å². The second-order valence-corrected chi connectivity index (χ2v) is 7.35. The zero-order valence-electron chi connectivity index (χ0n) is 13.9. The predicted octanol–water partition coefficient (Wildman–Crippen LogP) is 5.52. The summed E-state index contributed by atoms with van der Waals surface area (Å²) in [6.45, 7) is 2.02. The van der Waals surface area contributed by atoms with Crippen LogP contribution in [0.15, 0.2) is 60.8 Å². The van der Waals surface area contributed by atoms with Crippen molar-refractivity contribution < 1.29 is 4.79 Å². The molecule has 0 spiro atoms. The summed E-state index contributed by atoms with van der Waals surface area (Å²) in [6, 6.07) is 17.6. The molecule has 0 aliphatic rings. The summed E-state index contributed by atoms with van der Waals surface area (Å²) >= 11 is 7.42. The van der Waals surface area contributed by atoms with Crippen molar-refractivity contribution in [3.8, 4) is 0 Å². The predicted molar refractivity (Wildman–Crippen MR) is 104 cm³/mol. The highest BCUT2D eigenvalue weighted by atomic mass is 35.5. The molecule has 1 atom stereocenters. The van der Waals surface area contributed by atoms with Gasteiger partial charge in [-0.15, -0.1) is 11.3 Å². The highest BCUT2D eigenvalue weighted by Crippen LogP contribution is 2.25. The zero-order chi connectivity index (χ0) is 17.6. The second-order valence-electron chi connectivity index (χ2n) is 5.80. The summed E-state index contributed by atoms with van der Waals surface area (Å²) in [6.07, 6.45) is 3.35. The first-order valence-corrected chi connectivity index (χ1v) is 9.40. The number of aromatic nitrogens is 1. The standard InChI is InChI=1S/C20H19ClN2OS/c1-2-18(15-6-4-3-5-7-15)19(24)23-20-22-13-17(25-20)12-14-8-10-16(21)11-9-14/h3-11,13,18H,2,12H2,1H3,(H,22,23,24)/t18-/m0/s1. The molecule has 25 heavy (non-hydrogen) atoms. The monoisotopic (exact) mass is 370 g/mol. The van der Waals surface area contributed by atoms with E-state index >= 15 is 0 Å². The van der Waals surface area contributed by atoms with Gasteiger partial charge < -0.3 is 5.32 Å². The Kier molecular flexibility index (Phi) is 5.84. The molecular formula is C20H19ClN2OS. The minimum absolute atomic E-state index is 0.0129. The van der Waals surface area contributed by atoms with Gasteiger partial charge in [-0.05, 0) is 29.7 Å². The molecule has 0 fully saturated rings. The summed E-state index contributed by atoms with van der Waals surface area (Å²) in [5, 5.41) is 4.33. The van der Waals surface area contributed by atoms with Crippen molar-refractivity contribution in [1.29, 1.82) is 0 Å². The zero-order valence-corrected chi connectivity index (χ0v) is 15.5. The number of anilines is 1. The van der Waals surface area contributed by atoms with Gasteiger partial charge in [-0.1, -0.05) is 61.0 Å². The summed E-state index contributed by atoms with van der Waals surface area (Å²) in [7, 11) is 0. The van der Waals surface area contributed by atoms with E-state index < -0.39 is 0 Å². The molecule has 3 rings (SSSR count). The number of benzene rings is 2. The first kappa shape index (κ1) is 17.6. The number of carbonyl (C=O) groups is 1. The normalized spacial score (nSPS) is 11.9. The molecule has 3 nitrogen and oxygen atoms in total. The summed E-state index contributed by atoms with van der Waals surface area (Å²) in [5.41, 5.74) is 2.20. The van der Waals surface area contributed by atoms with E-state index in [9.17, 15) is 4.79 Å². The van der Waals surface area contributed by atoms with Gasteiger partial charge in [-0.3, -0.25) is 4.79 Å². The van der Waals surface area contributed by atoms with Crippen molar-refractivity contribution in [3.05, 3.63) is 81.8 Å². The molecule has 0 saturated carbocycles. The molecule has 1 aromatic heterocycles. The largest absolute Gasteiger partial charge is 0.301 e. The van der Waals surface area contributed by atoms with E-state index in [0.29, 0.717) is 5.13 Å². The number of halogens is 1. The fourth-order valence-electron chi connectivity index (χ4n) is 2.70.